The van der Waals surface area contributed by atoms with Crippen LogP contribution in [0.5, 0.6) is 0 Å². The number of hydrogen-bond acceptors (Lipinski definition) is 5. The molecule has 5 heteroatoms. The maximum Gasteiger partial charge on any atom is 0.306 e. The van der Waals surface area contributed by atoms with Crippen LogP contribution in [0, 0.1) is 5.41 Å². The fraction of sp³-hybridized carbons (Fsp3) is 0.538. The third-order valence-corrected chi connectivity index (χ3v) is 4.64. The standard InChI is InChI=1S/C13H17NO3S/c1-17-11(16)7-13(4-5-13)9-18-12-10(8-15)3-2-6-14-12/h2-3,6,15H,4-5,7-9H2,1H3. The second kappa shape index (κ2) is 5.71. The van der Waals surface area contributed by atoms with Gasteiger partial charge in [0.15, 0.2) is 0 Å². The second-order valence-electron chi connectivity index (χ2n) is 4.67. The smallest absolute Gasteiger partial charge is 0.306 e. The van der Waals surface area contributed by atoms with Crippen LogP contribution in [0.4, 0.5) is 0 Å². The number of rotatable bonds is 6. The molecule has 0 unspecified atom stereocenters. The molecule has 98 valence electrons. The van der Waals surface area contributed by atoms with E-state index in [1.807, 2.05) is 12.1 Å². The fourth-order valence-electron chi connectivity index (χ4n) is 1.82. The molecular formula is C13H17NO3S. The molecule has 1 aliphatic carbocycles. The van der Waals surface area contributed by atoms with E-state index in [0.29, 0.717) is 6.42 Å². The lowest BCUT2D eigenvalue weighted by Gasteiger charge is -2.13. The first-order chi connectivity index (χ1) is 8.69. The van der Waals surface area contributed by atoms with Gasteiger partial charge in [0.2, 0.25) is 0 Å². The van der Waals surface area contributed by atoms with Gasteiger partial charge in [0.25, 0.3) is 0 Å². The molecular weight excluding hydrogens is 250 g/mol. The zero-order chi connectivity index (χ0) is 13.0. The molecule has 0 saturated heterocycles. The Kier molecular flexibility index (Phi) is 4.24. The van der Waals surface area contributed by atoms with E-state index in [-0.39, 0.29) is 18.0 Å². The molecule has 4 nitrogen and oxygen atoms in total. The lowest BCUT2D eigenvalue weighted by molar-refractivity contribution is -0.141. The lowest BCUT2D eigenvalue weighted by Crippen LogP contribution is -2.13. The van der Waals surface area contributed by atoms with E-state index < -0.39 is 0 Å². The Labute approximate surface area is 111 Å². The number of aliphatic hydroxyl groups is 1. The van der Waals surface area contributed by atoms with Crippen LogP contribution in [0.3, 0.4) is 0 Å². The average Bonchev–Trinajstić information content (AvgIpc) is 3.16. The number of aliphatic hydroxyl groups excluding tert-OH is 1. The van der Waals surface area contributed by atoms with Crippen LogP contribution in [0.1, 0.15) is 24.8 Å². The molecule has 1 aromatic heterocycles. The molecule has 1 N–H and O–H groups in total. The molecule has 2 rings (SSSR count). The summed E-state index contributed by atoms with van der Waals surface area (Å²) in [6.07, 6.45) is 4.34. The summed E-state index contributed by atoms with van der Waals surface area (Å²) >= 11 is 1.61. The van der Waals surface area contributed by atoms with Gasteiger partial charge in [-0.1, -0.05) is 6.07 Å². The minimum absolute atomic E-state index is 0.000174. The zero-order valence-electron chi connectivity index (χ0n) is 10.4. The predicted molar refractivity (Wildman–Crippen MR) is 69.2 cm³/mol. The number of methoxy groups -OCH3 is 1. The van der Waals surface area contributed by atoms with Crippen molar-refractivity contribution in [2.24, 2.45) is 5.41 Å². The van der Waals surface area contributed by atoms with Crippen molar-refractivity contribution >= 4 is 17.7 Å². The topological polar surface area (TPSA) is 59.4 Å². The van der Waals surface area contributed by atoms with E-state index in [0.717, 1.165) is 29.2 Å². The normalized spacial score (nSPS) is 16.3. The molecule has 0 aliphatic heterocycles. The van der Waals surface area contributed by atoms with Crippen LogP contribution in [0.15, 0.2) is 23.4 Å². The van der Waals surface area contributed by atoms with E-state index in [2.05, 4.69) is 4.98 Å². The number of pyridine rings is 1. The number of ether oxygens (including phenoxy) is 1. The highest BCUT2D eigenvalue weighted by atomic mass is 32.2. The van der Waals surface area contributed by atoms with Gasteiger partial charge in [0.05, 0.1) is 20.1 Å². The first kappa shape index (κ1) is 13.4. The minimum Gasteiger partial charge on any atom is -0.469 e. The van der Waals surface area contributed by atoms with Crippen molar-refractivity contribution < 1.29 is 14.6 Å². The first-order valence-corrected chi connectivity index (χ1v) is 6.92. The van der Waals surface area contributed by atoms with Crippen molar-refractivity contribution in [1.29, 1.82) is 0 Å². The summed E-state index contributed by atoms with van der Waals surface area (Å²) in [5, 5.41) is 10.1. The predicted octanol–water partition coefficient (Wildman–Crippen LogP) is 2.01. The molecule has 0 aromatic carbocycles. The second-order valence-corrected chi connectivity index (χ2v) is 5.63. The number of nitrogens with zero attached hydrogens (tertiary/aromatic N) is 1. The van der Waals surface area contributed by atoms with Crippen molar-refractivity contribution in [3.8, 4) is 0 Å². The van der Waals surface area contributed by atoms with Gasteiger partial charge in [-0.3, -0.25) is 4.79 Å². The number of thioether (sulfide) groups is 1. The molecule has 0 bridgehead atoms. The van der Waals surface area contributed by atoms with Gasteiger partial charge in [0.1, 0.15) is 5.03 Å². The van der Waals surface area contributed by atoms with Crippen LogP contribution in [0.25, 0.3) is 0 Å². The zero-order valence-corrected chi connectivity index (χ0v) is 11.2. The monoisotopic (exact) mass is 267 g/mol. The third-order valence-electron chi connectivity index (χ3n) is 3.24. The molecule has 18 heavy (non-hydrogen) atoms. The summed E-state index contributed by atoms with van der Waals surface area (Å²) in [6, 6.07) is 3.69. The largest absolute Gasteiger partial charge is 0.469 e. The first-order valence-electron chi connectivity index (χ1n) is 5.93. The highest BCUT2D eigenvalue weighted by molar-refractivity contribution is 7.99. The highest BCUT2D eigenvalue weighted by Crippen LogP contribution is 2.52. The fourth-order valence-corrected chi connectivity index (χ4v) is 3.11. The van der Waals surface area contributed by atoms with E-state index in [9.17, 15) is 9.90 Å². The Balaban J connectivity index is 1.93. The number of hydrogen-bond donors (Lipinski definition) is 1. The molecule has 0 amide bonds. The quantitative estimate of drug-likeness (QED) is 0.631. The Bertz CT molecular complexity index is 432. The Morgan fingerprint density at radius 3 is 3.00 bits per heavy atom. The van der Waals surface area contributed by atoms with E-state index in [1.54, 1.807) is 18.0 Å². The Morgan fingerprint density at radius 1 is 1.61 bits per heavy atom. The molecule has 1 fully saturated rings. The van der Waals surface area contributed by atoms with Crippen molar-refractivity contribution in [2.75, 3.05) is 12.9 Å². The maximum atomic E-state index is 11.3. The summed E-state index contributed by atoms with van der Waals surface area (Å²) in [6.45, 7) is 0.000174. The molecule has 1 heterocycles. The van der Waals surface area contributed by atoms with Crippen LogP contribution in [-0.2, 0) is 16.1 Å². The van der Waals surface area contributed by atoms with Gasteiger partial charge in [-0.2, -0.15) is 0 Å². The van der Waals surface area contributed by atoms with Gasteiger partial charge >= 0.3 is 5.97 Å². The van der Waals surface area contributed by atoms with Gasteiger partial charge in [-0.25, -0.2) is 4.98 Å². The molecule has 0 spiro atoms. The van der Waals surface area contributed by atoms with Crippen molar-refractivity contribution in [1.82, 2.24) is 4.98 Å². The Hall–Kier alpha value is -1.07. The number of carbonyl (C=O) groups is 1. The van der Waals surface area contributed by atoms with E-state index >= 15 is 0 Å². The van der Waals surface area contributed by atoms with Crippen molar-refractivity contribution in [3.63, 3.8) is 0 Å². The van der Waals surface area contributed by atoms with Gasteiger partial charge in [0, 0.05) is 17.5 Å². The van der Waals surface area contributed by atoms with Crippen LogP contribution >= 0.6 is 11.8 Å². The van der Waals surface area contributed by atoms with Crippen molar-refractivity contribution in [3.05, 3.63) is 23.9 Å². The van der Waals surface area contributed by atoms with Gasteiger partial charge in [-0.05, 0) is 24.3 Å². The SMILES string of the molecule is COC(=O)CC1(CSc2ncccc2CO)CC1. The lowest BCUT2D eigenvalue weighted by atomic mass is 10.1. The summed E-state index contributed by atoms with van der Waals surface area (Å²) in [4.78, 5) is 15.6. The summed E-state index contributed by atoms with van der Waals surface area (Å²) in [5.74, 6) is 0.711. The summed E-state index contributed by atoms with van der Waals surface area (Å²) < 4.78 is 4.72. The molecule has 1 aromatic rings. The Morgan fingerprint density at radius 2 is 2.39 bits per heavy atom. The van der Waals surface area contributed by atoms with Gasteiger partial charge in [-0.15, -0.1) is 11.8 Å². The van der Waals surface area contributed by atoms with Crippen LogP contribution < -0.4 is 0 Å². The minimum atomic E-state index is -0.142. The molecule has 0 atom stereocenters. The van der Waals surface area contributed by atoms with Crippen LogP contribution in [-0.4, -0.2) is 28.9 Å². The summed E-state index contributed by atoms with van der Waals surface area (Å²) in [5.41, 5.74) is 0.929. The average molecular weight is 267 g/mol. The van der Waals surface area contributed by atoms with Crippen molar-refractivity contribution in [2.45, 2.75) is 30.9 Å². The summed E-state index contributed by atoms with van der Waals surface area (Å²) in [7, 11) is 1.42. The van der Waals surface area contributed by atoms with Gasteiger partial charge < -0.3 is 9.84 Å². The van der Waals surface area contributed by atoms with E-state index in [4.69, 9.17) is 4.74 Å². The van der Waals surface area contributed by atoms with E-state index in [1.165, 1.54) is 7.11 Å². The number of esters is 1. The number of carbonyl (C=O) groups excluding carboxylic acids is 1. The maximum absolute atomic E-state index is 11.3. The number of aromatic nitrogens is 1. The third kappa shape index (κ3) is 3.23. The molecule has 1 saturated carbocycles. The molecule has 0 radical (unpaired) electrons. The molecule has 1 aliphatic rings. The highest BCUT2D eigenvalue weighted by Gasteiger charge is 2.44. The van der Waals surface area contributed by atoms with Crippen LogP contribution in [0.2, 0.25) is 0 Å².